The van der Waals surface area contributed by atoms with Crippen LogP contribution >= 0.6 is 11.8 Å². The SMILES string of the molecule is CCOc1cc(-c2nnc(SC(C)C(=O)NCC3CCCCC3)o2)cc(OCC)c1OCC. The summed E-state index contributed by atoms with van der Waals surface area (Å²) in [5.41, 5.74) is 0.666. The Morgan fingerprint density at radius 1 is 1.06 bits per heavy atom. The molecule has 0 bridgehead atoms. The van der Waals surface area contributed by atoms with E-state index in [1.54, 1.807) is 12.1 Å². The monoisotopic (exact) mass is 477 g/mol. The smallest absolute Gasteiger partial charge is 0.277 e. The van der Waals surface area contributed by atoms with E-state index in [2.05, 4.69) is 15.5 Å². The molecule has 0 aliphatic heterocycles. The highest BCUT2D eigenvalue weighted by molar-refractivity contribution is 8.00. The third kappa shape index (κ3) is 7.03. The zero-order valence-electron chi connectivity index (χ0n) is 20.0. The van der Waals surface area contributed by atoms with Crippen molar-refractivity contribution in [1.82, 2.24) is 15.5 Å². The van der Waals surface area contributed by atoms with E-state index in [1.165, 1.54) is 43.9 Å². The van der Waals surface area contributed by atoms with E-state index in [0.717, 1.165) is 6.54 Å². The van der Waals surface area contributed by atoms with Crippen molar-refractivity contribution in [3.05, 3.63) is 12.1 Å². The van der Waals surface area contributed by atoms with Gasteiger partial charge in [-0.15, -0.1) is 10.2 Å². The number of thioether (sulfide) groups is 1. The molecule has 1 aromatic heterocycles. The number of amides is 1. The van der Waals surface area contributed by atoms with Crippen molar-refractivity contribution >= 4 is 17.7 Å². The van der Waals surface area contributed by atoms with Gasteiger partial charge in [0.05, 0.1) is 25.1 Å². The summed E-state index contributed by atoms with van der Waals surface area (Å²) >= 11 is 1.25. The van der Waals surface area contributed by atoms with Crippen molar-refractivity contribution in [2.24, 2.45) is 5.92 Å². The summed E-state index contributed by atoms with van der Waals surface area (Å²) in [5.74, 6) is 2.59. The van der Waals surface area contributed by atoms with Crippen LogP contribution in [0.1, 0.15) is 59.8 Å². The molecule has 9 heteroatoms. The van der Waals surface area contributed by atoms with Gasteiger partial charge in [0.25, 0.3) is 5.22 Å². The summed E-state index contributed by atoms with van der Waals surface area (Å²) in [5, 5.41) is 11.4. The molecule has 182 valence electrons. The van der Waals surface area contributed by atoms with E-state index in [1.807, 2.05) is 27.7 Å². The van der Waals surface area contributed by atoms with Gasteiger partial charge in [-0.2, -0.15) is 0 Å². The topological polar surface area (TPSA) is 95.7 Å². The second-order valence-corrected chi connectivity index (χ2v) is 9.28. The summed E-state index contributed by atoms with van der Waals surface area (Å²) in [6.07, 6.45) is 6.23. The normalized spacial score (nSPS) is 15.2. The van der Waals surface area contributed by atoms with Crippen LogP contribution < -0.4 is 19.5 Å². The number of carbonyl (C=O) groups excluding carboxylic acids is 1. The second-order valence-electron chi connectivity index (χ2n) is 7.98. The molecule has 1 amide bonds. The molecular weight excluding hydrogens is 442 g/mol. The van der Waals surface area contributed by atoms with Crippen molar-refractivity contribution in [2.45, 2.75) is 70.3 Å². The highest BCUT2D eigenvalue weighted by Crippen LogP contribution is 2.42. The zero-order valence-corrected chi connectivity index (χ0v) is 20.8. The predicted molar refractivity (Wildman–Crippen MR) is 128 cm³/mol. The van der Waals surface area contributed by atoms with Gasteiger partial charge < -0.3 is 23.9 Å². The molecular formula is C24H35N3O5S. The number of carbonyl (C=O) groups is 1. The lowest BCUT2D eigenvalue weighted by molar-refractivity contribution is -0.120. The average molecular weight is 478 g/mol. The largest absolute Gasteiger partial charge is 0.490 e. The minimum Gasteiger partial charge on any atom is -0.490 e. The Hall–Kier alpha value is -2.42. The first-order valence-corrected chi connectivity index (χ1v) is 12.8. The number of aromatic nitrogens is 2. The lowest BCUT2D eigenvalue weighted by Crippen LogP contribution is -2.35. The Bertz CT molecular complexity index is 871. The van der Waals surface area contributed by atoms with Crippen LogP contribution in [0.4, 0.5) is 0 Å². The van der Waals surface area contributed by atoms with Crippen LogP contribution in [0, 0.1) is 5.92 Å². The van der Waals surface area contributed by atoms with Crippen molar-refractivity contribution in [3.8, 4) is 28.7 Å². The molecule has 1 saturated carbocycles. The maximum absolute atomic E-state index is 12.5. The van der Waals surface area contributed by atoms with Crippen LogP contribution in [0.15, 0.2) is 21.8 Å². The first-order valence-electron chi connectivity index (χ1n) is 11.9. The summed E-state index contributed by atoms with van der Waals surface area (Å²) < 4.78 is 23.1. The number of nitrogens with zero attached hydrogens (tertiary/aromatic N) is 2. The van der Waals surface area contributed by atoms with Gasteiger partial charge >= 0.3 is 0 Å². The lowest BCUT2D eigenvalue weighted by atomic mass is 9.89. The third-order valence-electron chi connectivity index (χ3n) is 5.50. The summed E-state index contributed by atoms with van der Waals surface area (Å²) in [6, 6.07) is 3.61. The maximum Gasteiger partial charge on any atom is 0.277 e. The standard InChI is InChI=1S/C24H35N3O5S/c1-5-29-19-13-18(14-20(30-6-2)21(19)31-7-3)23-26-27-24(32-23)33-16(4)22(28)25-15-17-11-9-8-10-12-17/h13-14,16-17H,5-12,15H2,1-4H3,(H,25,28). The van der Waals surface area contributed by atoms with Gasteiger partial charge in [0.1, 0.15) is 0 Å². The van der Waals surface area contributed by atoms with Crippen LogP contribution in [0.25, 0.3) is 11.5 Å². The summed E-state index contributed by atoms with van der Waals surface area (Å²) in [7, 11) is 0. The fourth-order valence-electron chi connectivity index (χ4n) is 3.87. The molecule has 1 heterocycles. The predicted octanol–water partition coefficient (Wildman–Crippen LogP) is 5.11. The summed E-state index contributed by atoms with van der Waals surface area (Å²) in [6.45, 7) is 9.76. The zero-order chi connectivity index (χ0) is 23.6. The highest BCUT2D eigenvalue weighted by atomic mass is 32.2. The molecule has 1 atom stereocenters. The van der Waals surface area contributed by atoms with E-state index >= 15 is 0 Å². The van der Waals surface area contributed by atoms with E-state index in [-0.39, 0.29) is 11.2 Å². The number of ether oxygens (including phenoxy) is 3. The van der Waals surface area contributed by atoms with Crippen LogP contribution in [0.3, 0.4) is 0 Å². The Morgan fingerprint density at radius 2 is 1.70 bits per heavy atom. The van der Waals surface area contributed by atoms with Gasteiger partial charge in [0.15, 0.2) is 11.5 Å². The van der Waals surface area contributed by atoms with Gasteiger partial charge in [-0.25, -0.2) is 0 Å². The Labute approximate surface area is 200 Å². The van der Waals surface area contributed by atoms with E-state index in [9.17, 15) is 4.79 Å². The van der Waals surface area contributed by atoms with E-state index < -0.39 is 0 Å². The number of hydrogen-bond acceptors (Lipinski definition) is 8. The molecule has 1 unspecified atom stereocenters. The van der Waals surface area contributed by atoms with Gasteiger partial charge in [-0.1, -0.05) is 31.0 Å². The molecule has 2 aromatic rings. The first-order chi connectivity index (χ1) is 16.0. The second kappa shape index (κ2) is 12.7. The molecule has 1 N–H and O–H groups in total. The first kappa shape index (κ1) is 25.2. The number of nitrogens with one attached hydrogen (secondary N) is 1. The van der Waals surface area contributed by atoms with Crippen LogP contribution in [-0.2, 0) is 4.79 Å². The molecule has 0 saturated heterocycles. The van der Waals surface area contributed by atoms with Gasteiger partial charge in [-0.3, -0.25) is 4.79 Å². The molecule has 33 heavy (non-hydrogen) atoms. The quantitative estimate of drug-likeness (QED) is 0.421. The molecule has 8 nitrogen and oxygen atoms in total. The minimum atomic E-state index is -0.333. The number of benzene rings is 1. The fourth-order valence-corrected chi connectivity index (χ4v) is 4.58. The molecule has 0 radical (unpaired) electrons. The van der Waals surface area contributed by atoms with E-state index in [4.69, 9.17) is 18.6 Å². The fraction of sp³-hybridized carbons (Fsp3) is 0.625. The van der Waals surface area contributed by atoms with Crippen LogP contribution in [0.2, 0.25) is 0 Å². The Balaban J connectivity index is 1.68. The lowest BCUT2D eigenvalue weighted by Gasteiger charge is -2.22. The van der Waals surface area contributed by atoms with Gasteiger partial charge in [0, 0.05) is 12.1 Å². The molecule has 3 rings (SSSR count). The Kier molecular flexibility index (Phi) is 9.72. The number of hydrogen-bond donors (Lipinski definition) is 1. The van der Waals surface area contributed by atoms with Crippen LogP contribution in [0.5, 0.6) is 17.2 Å². The Morgan fingerprint density at radius 3 is 2.30 bits per heavy atom. The molecule has 0 spiro atoms. The summed E-state index contributed by atoms with van der Waals surface area (Å²) in [4.78, 5) is 12.5. The molecule has 1 fully saturated rings. The number of rotatable bonds is 12. The van der Waals surface area contributed by atoms with Crippen LogP contribution in [-0.4, -0.2) is 47.7 Å². The molecule has 1 aromatic carbocycles. The maximum atomic E-state index is 12.5. The molecule has 1 aliphatic carbocycles. The van der Waals surface area contributed by atoms with Gasteiger partial charge in [-0.05, 0) is 58.6 Å². The highest BCUT2D eigenvalue weighted by Gasteiger charge is 2.22. The van der Waals surface area contributed by atoms with Gasteiger partial charge in [0.2, 0.25) is 17.5 Å². The van der Waals surface area contributed by atoms with E-state index in [0.29, 0.717) is 59.7 Å². The van der Waals surface area contributed by atoms with Crippen molar-refractivity contribution in [3.63, 3.8) is 0 Å². The minimum absolute atomic E-state index is 0.0105. The van der Waals surface area contributed by atoms with Crippen molar-refractivity contribution in [1.29, 1.82) is 0 Å². The third-order valence-corrected chi connectivity index (χ3v) is 6.43. The van der Waals surface area contributed by atoms with Crippen molar-refractivity contribution < 1.29 is 23.4 Å². The molecule has 1 aliphatic rings. The van der Waals surface area contributed by atoms with Crippen molar-refractivity contribution in [2.75, 3.05) is 26.4 Å². The average Bonchev–Trinajstić information content (AvgIpc) is 3.29.